The summed E-state index contributed by atoms with van der Waals surface area (Å²) in [4.78, 5) is 16.0. The van der Waals surface area contributed by atoms with Crippen molar-refractivity contribution in [3.8, 4) is 0 Å². The van der Waals surface area contributed by atoms with Crippen LogP contribution in [0.15, 0.2) is 24.3 Å². The maximum Gasteiger partial charge on any atom is 0.324 e. The van der Waals surface area contributed by atoms with Crippen molar-refractivity contribution in [2.75, 3.05) is 37.4 Å². The van der Waals surface area contributed by atoms with Gasteiger partial charge in [0.1, 0.15) is 0 Å². The fraction of sp³-hybridized carbons (Fsp3) is 0.533. The van der Waals surface area contributed by atoms with Crippen LogP contribution >= 0.6 is 0 Å². The minimum atomic E-state index is -0.200. The van der Waals surface area contributed by atoms with E-state index in [-0.39, 0.29) is 11.6 Å². The molecule has 0 atom stereocenters. The van der Waals surface area contributed by atoms with Crippen LogP contribution in [0.1, 0.15) is 20.3 Å². The average Bonchev–Trinajstić information content (AvgIpc) is 2.79. The van der Waals surface area contributed by atoms with E-state index in [0.29, 0.717) is 12.2 Å². The Labute approximate surface area is 120 Å². The largest absolute Gasteiger partial charge is 0.399 e. The third kappa shape index (κ3) is 3.22. The number of methoxy groups -OCH3 is 1. The van der Waals surface area contributed by atoms with E-state index in [9.17, 15) is 4.79 Å². The summed E-state index contributed by atoms with van der Waals surface area (Å²) < 4.78 is 5.39. The average molecular weight is 277 g/mol. The lowest BCUT2D eigenvalue weighted by Gasteiger charge is -2.26. The summed E-state index contributed by atoms with van der Waals surface area (Å²) in [5.74, 6) is 0. The lowest BCUT2D eigenvalue weighted by Crippen LogP contribution is -2.36. The van der Waals surface area contributed by atoms with E-state index in [0.717, 1.165) is 25.2 Å². The Morgan fingerprint density at radius 1 is 1.25 bits per heavy atom. The molecule has 1 fully saturated rings. The minimum absolute atomic E-state index is 0.0571. The molecule has 0 spiro atoms. The smallest absolute Gasteiger partial charge is 0.324 e. The number of ether oxygens (including phenoxy) is 1. The van der Waals surface area contributed by atoms with Gasteiger partial charge in [0.2, 0.25) is 0 Å². The van der Waals surface area contributed by atoms with Crippen LogP contribution in [0.5, 0.6) is 0 Å². The zero-order valence-electron chi connectivity index (χ0n) is 12.4. The second-order valence-electron chi connectivity index (χ2n) is 5.73. The minimum Gasteiger partial charge on any atom is -0.399 e. The lowest BCUT2D eigenvalue weighted by atomic mass is 10.1. The van der Waals surface area contributed by atoms with Gasteiger partial charge in [-0.25, -0.2) is 4.79 Å². The van der Waals surface area contributed by atoms with Gasteiger partial charge >= 0.3 is 6.03 Å². The fourth-order valence-corrected chi connectivity index (χ4v) is 2.19. The van der Waals surface area contributed by atoms with E-state index in [1.54, 1.807) is 12.0 Å². The molecule has 1 aliphatic rings. The molecular weight excluding hydrogens is 254 g/mol. The molecule has 1 saturated heterocycles. The predicted octanol–water partition coefficient (Wildman–Crippen LogP) is 2.33. The van der Waals surface area contributed by atoms with Gasteiger partial charge in [-0.1, -0.05) is 0 Å². The maximum atomic E-state index is 12.4. The summed E-state index contributed by atoms with van der Waals surface area (Å²) >= 11 is 0. The molecule has 0 aromatic heterocycles. The van der Waals surface area contributed by atoms with Crippen LogP contribution < -0.4 is 10.6 Å². The van der Waals surface area contributed by atoms with Crippen LogP contribution in [-0.4, -0.2) is 43.3 Å². The standard InChI is InChI=1S/C15H23N3O2/c1-15(2,20-3)8-9-17-10-11-18(14(17)19)13-6-4-12(16)5-7-13/h4-7H,8-11,16H2,1-3H3. The van der Waals surface area contributed by atoms with E-state index < -0.39 is 0 Å². The molecule has 0 saturated carbocycles. The molecule has 1 aromatic rings. The molecule has 1 aromatic carbocycles. The molecular formula is C15H23N3O2. The molecule has 0 aliphatic carbocycles. The Hall–Kier alpha value is -1.75. The second kappa shape index (κ2) is 5.71. The first-order valence-corrected chi connectivity index (χ1v) is 6.90. The summed E-state index contributed by atoms with van der Waals surface area (Å²) in [6.07, 6.45) is 0.824. The SMILES string of the molecule is COC(C)(C)CCN1CCN(c2ccc(N)cc2)C1=O. The molecule has 2 rings (SSSR count). The third-order valence-corrected chi connectivity index (χ3v) is 3.84. The molecule has 2 amide bonds. The highest BCUT2D eigenvalue weighted by Crippen LogP contribution is 2.23. The molecule has 1 heterocycles. The Morgan fingerprint density at radius 3 is 2.50 bits per heavy atom. The van der Waals surface area contributed by atoms with Crippen LogP contribution in [0, 0.1) is 0 Å². The highest BCUT2D eigenvalue weighted by molar-refractivity contribution is 5.94. The number of carbonyl (C=O) groups excluding carboxylic acids is 1. The van der Waals surface area contributed by atoms with Crippen molar-refractivity contribution in [3.05, 3.63) is 24.3 Å². The Kier molecular flexibility index (Phi) is 4.18. The van der Waals surface area contributed by atoms with Crippen molar-refractivity contribution in [1.82, 2.24) is 4.90 Å². The molecule has 2 N–H and O–H groups in total. The normalized spacial score (nSPS) is 16.1. The van der Waals surface area contributed by atoms with Crippen LogP contribution in [0.2, 0.25) is 0 Å². The number of urea groups is 1. The van der Waals surface area contributed by atoms with Gasteiger partial charge in [-0.2, -0.15) is 0 Å². The number of rotatable bonds is 5. The number of hydrogen-bond acceptors (Lipinski definition) is 3. The van der Waals surface area contributed by atoms with Gasteiger partial charge in [-0.05, 0) is 44.5 Å². The van der Waals surface area contributed by atoms with Crippen LogP contribution in [-0.2, 0) is 4.74 Å². The van der Waals surface area contributed by atoms with Crippen molar-refractivity contribution in [1.29, 1.82) is 0 Å². The Bertz CT molecular complexity index is 471. The Balaban J connectivity index is 1.97. The molecule has 1 aliphatic heterocycles. The Morgan fingerprint density at radius 2 is 1.90 bits per heavy atom. The van der Waals surface area contributed by atoms with Gasteiger partial charge in [0, 0.05) is 38.1 Å². The van der Waals surface area contributed by atoms with Gasteiger partial charge in [0.15, 0.2) is 0 Å². The van der Waals surface area contributed by atoms with Crippen molar-refractivity contribution < 1.29 is 9.53 Å². The predicted molar refractivity (Wildman–Crippen MR) is 80.9 cm³/mol. The number of nitrogen functional groups attached to an aromatic ring is 1. The van der Waals surface area contributed by atoms with Gasteiger partial charge in [0.05, 0.1) is 5.60 Å². The number of amides is 2. The molecule has 0 radical (unpaired) electrons. The fourth-order valence-electron chi connectivity index (χ4n) is 2.19. The highest BCUT2D eigenvalue weighted by Gasteiger charge is 2.30. The van der Waals surface area contributed by atoms with Gasteiger partial charge in [0.25, 0.3) is 0 Å². The number of nitrogens with zero attached hydrogens (tertiary/aromatic N) is 2. The monoisotopic (exact) mass is 277 g/mol. The summed E-state index contributed by atoms with van der Waals surface area (Å²) in [6.45, 7) is 6.25. The molecule has 110 valence electrons. The first-order chi connectivity index (χ1) is 9.43. The zero-order chi connectivity index (χ0) is 14.8. The number of nitrogens with two attached hydrogens (primary N) is 1. The van der Waals surface area contributed by atoms with Crippen molar-refractivity contribution in [2.24, 2.45) is 0 Å². The molecule has 0 unspecified atom stereocenters. The second-order valence-corrected chi connectivity index (χ2v) is 5.73. The quantitative estimate of drug-likeness (QED) is 0.840. The molecule has 20 heavy (non-hydrogen) atoms. The van der Waals surface area contributed by atoms with Gasteiger partial charge < -0.3 is 15.4 Å². The van der Waals surface area contributed by atoms with E-state index in [1.165, 1.54) is 0 Å². The van der Waals surface area contributed by atoms with Crippen molar-refractivity contribution in [2.45, 2.75) is 25.9 Å². The molecule has 5 heteroatoms. The summed E-state index contributed by atoms with van der Waals surface area (Å²) in [6, 6.07) is 7.46. The topological polar surface area (TPSA) is 58.8 Å². The van der Waals surface area contributed by atoms with Crippen molar-refractivity contribution in [3.63, 3.8) is 0 Å². The van der Waals surface area contributed by atoms with Gasteiger partial charge in [-0.15, -0.1) is 0 Å². The summed E-state index contributed by atoms with van der Waals surface area (Å²) in [5, 5.41) is 0. The van der Waals surface area contributed by atoms with Gasteiger partial charge in [-0.3, -0.25) is 4.90 Å². The number of benzene rings is 1. The summed E-state index contributed by atoms with van der Waals surface area (Å²) in [5.41, 5.74) is 7.08. The number of hydrogen-bond donors (Lipinski definition) is 1. The highest BCUT2D eigenvalue weighted by atomic mass is 16.5. The van der Waals surface area contributed by atoms with E-state index in [2.05, 4.69) is 0 Å². The third-order valence-electron chi connectivity index (χ3n) is 3.84. The van der Waals surface area contributed by atoms with E-state index in [1.807, 2.05) is 43.0 Å². The first-order valence-electron chi connectivity index (χ1n) is 6.90. The van der Waals surface area contributed by atoms with Crippen LogP contribution in [0.3, 0.4) is 0 Å². The first kappa shape index (κ1) is 14.7. The molecule has 5 nitrogen and oxygen atoms in total. The number of anilines is 2. The zero-order valence-corrected chi connectivity index (χ0v) is 12.4. The lowest BCUT2D eigenvalue weighted by molar-refractivity contribution is 0.0111. The van der Waals surface area contributed by atoms with E-state index in [4.69, 9.17) is 10.5 Å². The maximum absolute atomic E-state index is 12.4. The number of carbonyl (C=O) groups is 1. The summed E-state index contributed by atoms with van der Waals surface area (Å²) in [7, 11) is 1.70. The molecule has 0 bridgehead atoms. The van der Waals surface area contributed by atoms with Crippen molar-refractivity contribution >= 4 is 17.4 Å². The van der Waals surface area contributed by atoms with E-state index >= 15 is 0 Å². The van der Waals surface area contributed by atoms with Crippen LogP contribution in [0.4, 0.5) is 16.2 Å². The van der Waals surface area contributed by atoms with Crippen LogP contribution in [0.25, 0.3) is 0 Å².